The van der Waals surface area contributed by atoms with Crippen molar-refractivity contribution in [2.75, 3.05) is 53.3 Å². The summed E-state index contributed by atoms with van der Waals surface area (Å²) in [5.41, 5.74) is 10.0. The molecule has 13 heteroatoms. The van der Waals surface area contributed by atoms with E-state index in [-0.39, 0.29) is 33.0 Å². The quantitative estimate of drug-likeness (QED) is 0.0935. The lowest BCUT2D eigenvalue weighted by Gasteiger charge is -2.48. The number of carbonyl (C=O) groups excluding carboxylic acids is 1. The largest absolute Gasteiger partial charge is 0.497 e. The number of methoxy groups -OCH3 is 1. The topological polar surface area (TPSA) is 149 Å². The molecule has 228 valence electrons. The van der Waals surface area contributed by atoms with Crippen molar-refractivity contribution in [3.63, 3.8) is 0 Å². The highest BCUT2D eigenvalue weighted by atomic mass is 16.8. The number of ether oxygens (including phenoxy) is 9. The number of rotatable bonds is 16. The van der Waals surface area contributed by atoms with Crippen LogP contribution in [0.15, 0.2) is 59.7 Å². The van der Waals surface area contributed by atoms with Crippen LogP contribution in [-0.4, -0.2) is 90.0 Å². The van der Waals surface area contributed by atoms with Gasteiger partial charge in [0, 0.05) is 23.9 Å². The Bertz CT molecular complexity index is 1130. The Hall–Kier alpha value is -3.26. The van der Waals surface area contributed by atoms with Gasteiger partial charge in [-0.05, 0) is 23.2 Å². The van der Waals surface area contributed by atoms with Crippen LogP contribution in [0.1, 0.15) is 24.3 Å². The lowest BCUT2D eigenvalue weighted by Crippen LogP contribution is -2.64. The number of azide groups is 1. The molecule has 0 N–H and O–H groups in total. The van der Waals surface area contributed by atoms with Crippen molar-refractivity contribution in [3.05, 3.63) is 76.2 Å². The highest BCUT2D eigenvalue weighted by Crippen LogP contribution is 2.37. The molecule has 2 aromatic rings. The summed E-state index contributed by atoms with van der Waals surface area (Å²) < 4.78 is 52.8. The summed E-state index contributed by atoms with van der Waals surface area (Å²) in [5, 5.41) is 3.40. The van der Waals surface area contributed by atoms with E-state index in [1.165, 1.54) is 6.92 Å². The number of esters is 1. The van der Waals surface area contributed by atoms with Gasteiger partial charge >= 0.3 is 5.97 Å². The minimum absolute atomic E-state index is 0.165. The first-order valence-electron chi connectivity index (χ1n) is 13.8. The highest BCUT2D eigenvalue weighted by molar-refractivity contribution is 5.66. The first kappa shape index (κ1) is 31.7. The second-order valence-corrected chi connectivity index (χ2v) is 9.47. The van der Waals surface area contributed by atoms with Crippen LogP contribution in [0.3, 0.4) is 0 Å². The summed E-state index contributed by atoms with van der Waals surface area (Å²) in [6.07, 6.45) is -4.36. The standard InChI is InChI=1S/C29H37N3O10/c1-20(33)40-27-26(38-18-21-8-10-23(34-2)11-9-21)25-24(19-39-28(42-25)22-6-4-3-5-7-22)41-29(27)37-17-16-36-15-14-35-13-12-31-32-30/h3-11,24-29H,12-19H2,1-2H3/t24-,25-,26+,27+,28?,29+/m1/s1. The Morgan fingerprint density at radius 1 is 0.952 bits per heavy atom. The minimum Gasteiger partial charge on any atom is -0.497 e. The normalized spacial score (nSPS) is 25.2. The Balaban J connectivity index is 1.42. The Labute approximate surface area is 244 Å². The van der Waals surface area contributed by atoms with Crippen molar-refractivity contribution in [1.82, 2.24) is 0 Å². The third-order valence-corrected chi connectivity index (χ3v) is 6.54. The summed E-state index contributed by atoms with van der Waals surface area (Å²) in [6.45, 7) is 3.46. The fourth-order valence-electron chi connectivity index (χ4n) is 4.58. The number of nitrogens with zero attached hydrogens (tertiary/aromatic N) is 3. The van der Waals surface area contributed by atoms with E-state index in [4.69, 9.17) is 48.2 Å². The van der Waals surface area contributed by atoms with Gasteiger partial charge in [-0.1, -0.05) is 47.6 Å². The third-order valence-electron chi connectivity index (χ3n) is 6.54. The first-order chi connectivity index (χ1) is 20.6. The molecule has 0 radical (unpaired) electrons. The van der Waals surface area contributed by atoms with Gasteiger partial charge in [0.05, 0.1) is 53.4 Å². The number of hydrogen-bond acceptors (Lipinski definition) is 11. The van der Waals surface area contributed by atoms with Crippen LogP contribution in [0.2, 0.25) is 0 Å². The average molecular weight is 588 g/mol. The first-order valence-corrected chi connectivity index (χ1v) is 13.8. The SMILES string of the molecule is COc1ccc(CO[C@@H]2[C@H](OC(C)=O)[C@@H](OCCOCCOCCN=[N+]=[N-])O[C@@H]3COC(c4ccccc4)O[C@@H]23)cc1. The van der Waals surface area contributed by atoms with Crippen molar-refractivity contribution >= 4 is 5.97 Å². The van der Waals surface area contributed by atoms with Crippen LogP contribution in [0.25, 0.3) is 10.4 Å². The zero-order valence-electron chi connectivity index (χ0n) is 23.7. The van der Waals surface area contributed by atoms with Gasteiger partial charge in [-0.3, -0.25) is 4.79 Å². The number of benzene rings is 2. The molecular weight excluding hydrogens is 550 g/mol. The van der Waals surface area contributed by atoms with Gasteiger partial charge in [-0.15, -0.1) is 0 Å². The molecule has 4 rings (SSSR count). The van der Waals surface area contributed by atoms with E-state index >= 15 is 0 Å². The van der Waals surface area contributed by atoms with Crippen LogP contribution in [0.5, 0.6) is 5.75 Å². The number of fused-ring (bicyclic) bond motifs is 1. The van der Waals surface area contributed by atoms with Crippen molar-refractivity contribution in [2.24, 2.45) is 5.11 Å². The fraction of sp³-hybridized carbons (Fsp3) is 0.552. The smallest absolute Gasteiger partial charge is 0.303 e. The van der Waals surface area contributed by atoms with Gasteiger partial charge in [-0.25, -0.2) is 0 Å². The van der Waals surface area contributed by atoms with Crippen LogP contribution in [0.4, 0.5) is 0 Å². The van der Waals surface area contributed by atoms with E-state index in [9.17, 15) is 4.79 Å². The number of hydrogen-bond donors (Lipinski definition) is 0. The van der Waals surface area contributed by atoms with E-state index < -0.39 is 43.0 Å². The molecular formula is C29H37N3O10. The van der Waals surface area contributed by atoms with Crippen molar-refractivity contribution in [3.8, 4) is 5.75 Å². The summed E-state index contributed by atoms with van der Waals surface area (Å²) in [4.78, 5) is 14.9. The van der Waals surface area contributed by atoms with E-state index in [0.717, 1.165) is 16.9 Å². The van der Waals surface area contributed by atoms with Gasteiger partial charge in [0.1, 0.15) is 24.1 Å². The number of carbonyl (C=O) groups is 1. The molecule has 2 aromatic carbocycles. The van der Waals surface area contributed by atoms with E-state index in [2.05, 4.69) is 10.0 Å². The zero-order chi connectivity index (χ0) is 29.6. The molecule has 2 aliphatic heterocycles. The summed E-state index contributed by atoms with van der Waals surface area (Å²) in [7, 11) is 1.61. The molecule has 0 aliphatic carbocycles. The maximum absolute atomic E-state index is 12.2. The molecule has 2 saturated heterocycles. The lowest BCUT2D eigenvalue weighted by atomic mass is 9.97. The fourth-order valence-corrected chi connectivity index (χ4v) is 4.58. The third kappa shape index (κ3) is 9.38. The zero-order valence-corrected chi connectivity index (χ0v) is 23.7. The molecule has 13 nitrogen and oxygen atoms in total. The van der Waals surface area contributed by atoms with Crippen LogP contribution in [-0.2, 0) is 49.3 Å². The molecule has 0 bridgehead atoms. The minimum atomic E-state index is -0.944. The van der Waals surface area contributed by atoms with Gasteiger partial charge in [0.25, 0.3) is 0 Å². The Kier molecular flexibility index (Phi) is 12.8. The molecule has 6 atom stereocenters. The van der Waals surface area contributed by atoms with Crippen LogP contribution < -0.4 is 4.74 Å². The molecule has 1 unspecified atom stereocenters. The monoisotopic (exact) mass is 587 g/mol. The molecule has 2 fully saturated rings. The maximum Gasteiger partial charge on any atom is 0.303 e. The van der Waals surface area contributed by atoms with Crippen LogP contribution in [0, 0.1) is 0 Å². The van der Waals surface area contributed by atoms with E-state index in [0.29, 0.717) is 19.8 Å². The Morgan fingerprint density at radius 3 is 2.40 bits per heavy atom. The van der Waals surface area contributed by atoms with Crippen LogP contribution >= 0.6 is 0 Å². The summed E-state index contributed by atoms with van der Waals surface area (Å²) >= 11 is 0. The van der Waals surface area contributed by atoms with E-state index in [1.54, 1.807) is 7.11 Å². The van der Waals surface area contributed by atoms with E-state index in [1.807, 2.05) is 54.6 Å². The van der Waals surface area contributed by atoms with Crippen molar-refractivity contribution in [1.29, 1.82) is 0 Å². The molecule has 0 amide bonds. The predicted molar refractivity (Wildman–Crippen MR) is 147 cm³/mol. The maximum atomic E-state index is 12.2. The molecule has 0 aromatic heterocycles. The molecule has 2 aliphatic rings. The van der Waals surface area contributed by atoms with Gasteiger partial charge < -0.3 is 42.6 Å². The van der Waals surface area contributed by atoms with Gasteiger partial charge in [-0.2, -0.15) is 0 Å². The predicted octanol–water partition coefficient (Wildman–Crippen LogP) is 3.71. The van der Waals surface area contributed by atoms with Crippen molar-refractivity contribution < 1.29 is 47.4 Å². The summed E-state index contributed by atoms with van der Waals surface area (Å²) in [6, 6.07) is 17.1. The molecule has 0 saturated carbocycles. The molecule has 42 heavy (non-hydrogen) atoms. The Morgan fingerprint density at radius 2 is 1.69 bits per heavy atom. The highest BCUT2D eigenvalue weighted by Gasteiger charge is 2.52. The summed E-state index contributed by atoms with van der Waals surface area (Å²) in [5.74, 6) is 0.228. The van der Waals surface area contributed by atoms with Crippen molar-refractivity contribution in [2.45, 2.75) is 50.5 Å². The molecule has 2 heterocycles. The van der Waals surface area contributed by atoms with Gasteiger partial charge in [0.15, 0.2) is 18.7 Å². The van der Waals surface area contributed by atoms with Gasteiger partial charge in [0.2, 0.25) is 0 Å². The lowest BCUT2D eigenvalue weighted by molar-refractivity contribution is -0.367. The second-order valence-electron chi connectivity index (χ2n) is 9.47. The molecule has 0 spiro atoms. The average Bonchev–Trinajstić information content (AvgIpc) is 3.01. The second kappa shape index (κ2) is 17.0.